The third-order valence-electron chi connectivity index (χ3n) is 4.90. The van der Waals surface area contributed by atoms with Gasteiger partial charge in [0.1, 0.15) is 11.3 Å². The van der Waals surface area contributed by atoms with E-state index >= 15 is 0 Å². The Hall–Kier alpha value is -4.34. The SMILES string of the molecule is Cc1cccn2cc(C(=O)Nc3ccc(N4CCOCC4)cc3)nc12.O=C(O)C(F)(F)F.O=C(O)C(F)(F)F. The Morgan fingerprint density at radius 2 is 1.44 bits per heavy atom. The minimum atomic E-state index is -5.08. The average Bonchev–Trinajstić information content (AvgIpc) is 3.31. The lowest BCUT2D eigenvalue weighted by Gasteiger charge is -2.28. The minimum absolute atomic E-state index is 0.206. The molecule has 0 aliphatic carbocycles. The molecule has 1 fully saturated rings. The number of hydrogen-bond donors (Lipinski definition) is 3. The van der Waals surface area contributed by atoms with Crippen LogP contribution in [0.3, 0.4) is 0 Å². The van der Waals surface area contributed by atoms with Gasteiger partial charge in [-0.2, -0.15) is 26.3 Å². The van der Waals surface area contributed by atoms with Crippen LogP contribution in [0.15, 0.2) is 48.8 Å². The maximum absolute atomic E-state index is 12.5. The molecule has 2 aromatic heterocycles. The van der Waals surface area contributed by atoms with Crippen molar-refractivity contribution < 1.29 is 55.7 Å². The third-order valence-corrected chi connectivity index (χ3v) is 4.90. The quantitative estimate of drug-likeness (QED) is 0.407. The predicted octanol–water partition coefficient (Wildman–Crippen LogP) is 4.00. The van der Waals surface area contributed by atoms with E-state index in [4.69, 9.17) is 24.5 Å². The summed E-state index contributed by atoms with van der Waals surface area (Å²) in [6, 6.07) is 11.8. The zero-order valence-corrected chi connectivity index (χ0v) is 20.1. The lowest BCUT2D eigenvalue weighted by atomic mass is 10.2. The summed E-state index contributed by atoms with van der Waals surface area (Å²) in [5.41, 5.74) is 4.15. The van der Waals surface area contributed by atoms with Crippen molar-refractivity contribution in [1.82, 2.24) is 9.38 Å². The molecule has 0 unspecified atom stereocenters. The Morgan fingerprint density at radius 1 is 0.923 bits per heavy atom. The van der Waals surface area contributed by atoms with Crippen molar-refractivity contribution in [3.63, 3.8) is 0 Å². The summed E-state index contributed by atoms with van der Waals surface area (Å²) in [6.45, 7) is 5.28. The second kappa shape index (κ2) is 12.9. The molecule has 4 rings (SSSR count). The molecule has 10 nitrogen and oxygen atoms in total. The van der Waals surface area contributed by atoms with Crippen LogP contribution in [0.2, 0.25) is 0 Å². The van der Waals surface area contributed by atoms with E-state index in [2.05, 4.69) is 15.2 Å². The van der Waals surface area contributed by atoms with Crippen molar-refractivity contribution in [3.05, 3.63) is 60.0 Å². The highest BCUT2D eigenvalue weighted by Crippen LogP contribution is 2.20. The Labute approximate surface area is 216 Å². The van der Waals surface area contributed by atoms with Crippen LogP contribution in [0.4, 0.5) is 37.7 Å². The molecule has 1 aliphatic heterocycles. The molecule has 0 atom stereocenters. The maximum atomic E-state index is 12.5. The number of nitrogens with zero attached hydrogens (tertiary/aromatic N) is 3. The Balaban J connectivity index is 0.000000317. The van der Waals surface area contributed by atoms with Crippen LogP contribution >= 0.6 is 0 Å². The first-order chi connectivity index (χ1) is 18.1. The molecule has 0 radical (unpaired) electrons. The summed E-state index contributed by atoms with van der Waals surface area (Å²) in [7, 11) is 0. The number of carbonyl (C=O) groups is 3. The van der Waals surface area contributed by atoms with E-state index in [1.807, 2.05) is 53.9 Å². The normalized spacial score (nSPS) is 13.5. The van der Waals surface area contributed by atoms with Gasteiger partial charge in [0.05, 0.1) is 13.2 Å². The predicted molar refractivity (Wildman–Crippen MR) is 125 cm³/mol. The molecule has 16 heteroatoms. The summed E-state index contributed by atoms with van der Waals surface area (Å²) in [5, 5.41) is 17.2. The summed E-state index contributed by atoms with van der Waals surface area (Å²) in [6.07, 6.45) is -6.52. The van der Waals surface area contributed by atoms with E-state index in [0.717, 1.165) is 48.9 Å². The molecule has 3 N–H and O–H groups in total. The summed E-state index contributed by atoms with van der Waals surface area (Å²) in [5.74, 6) is -5.72. The van der Waals surface area contributed by atoms with Crippen molar-refractivity contribution in [2.45, 2.75) is 19.3 Å². The van der Waals surface area contributed by atoms with Gasteiger partial charge in [-0.1, -0.05) is 6.07 Å². The monoisotopic (exact) mass is 564 g/mol. The zero-order chi connectivity index (χ0) is 29.4. The smallest absolute Gasteiger partial charge is 0.475 e. The Kier molecular flexibility index (Phi) is 10.3. The number of carbonyl (C=O) groups excluding carboxylic acids is 1. The molecular formula is C23H22F6N4O6. The van der Waals surface area contributed by atoms with Gasteiger partial charge in [-0.05, 0) is 42.8 Å². The van der Waals surface area contributed by atoms with Crippen molar-refractivity contribution in [3.8, 4) is 0 Å². The number of amides is 1. The molecular weight excluding hydrogens is 542 g/mol. The third kappa shape index (κ3) is 9.48. The number of morpholine rings is 1. The van der Waals surface area contributed by atoms with Crippen LogP contribution < -0.4 is 10.2 Å². The van der Waals surface area contributed by atoms with E-state index in [1.165, 1.54) is 0 Å². The minimum Gasteiger partial charge on any atom is -0.475 e. The molecule has 1 saturated heterocycles. The molecule has 212 valence electrons. The molecule has 0 saturated carbocycles. The van der Waals surface area contributed by atoms with Crippen LogP contribution in [-0.2, 0) is 14.3 Å². The number of nitrogens with one attached hydrogen (secondary N) is 1. The van der Waals surface area contributed by atoms with Gasteiger partial charge >= 0.3 is 24.3 Å². The highest BCUT2D eigenvalue weighted by molar-refractivity contribution is 6.03. The summed E-state index contributed by atoms with van der Waals surface area (Å²) >= 11 is 0. The van der Waals surface area contributed by atoms with Gasteiger partial charge < -0.3 is 29.6 Å². The van der Waals surface area contributed by atoms with Crippen LogP contribution in [0.5, 0.6) is 0 Å². The molecule has 0 bridgehead atoms. The van der Waals surface area contributed by atoms with E-state index in [1.54, 1.807) is 6.20 Å². The molecule has 1 amide bonds. The van der Waals surface area contributed by atoms with Crippen LogP contribution in [0.1, 0.15) is 16.1 Å². The van der Waals surface area contributed by atoms with Crippen molar-refractivity contribution in [1.29, 1.82) is 0 Å². The number of imidazole rings is 1. The number of aryl methyl sites for hydroxylation is 1. The van der Waals surface area contributed by atoms with Gasteiger partial charge in [-0.25, -0.2) is 14.6 Å². The van der Waals surface area contributed by atoms with Crippen molar-refractivity contribution >= 4 is 34.9 Å². The van der Waals surface area contributed by atoms with Gasteiger partial charge in [-0.15, -0.1) is 0 Å². The fraction of sp³-hybridized carbons (Fsp3) is 0.304. The van der Waals surface area contributed by atoms with Gasteiger partial charge in [0, 0.05) is 36.9 Å². The standard InChI is InChI=1S/C19H20N4O2.2C2HF3O2/c1-14-3-2-8-23-13-17(21-18(14)23)19(24)20-15-4-6-16(7-5-15)22-9-11-25-12-10-22;2*3-2(4,5)1(6)7/h2-8,13H,9-12H2,1H3,(H,20,24);2*(H,6,7). The van der Waals surface area contributed by atoms with E-state index in [-0.39, 0.29) is 5.91 Å². The van der Waals surface area contributed by atoms with Crippen molar-refractivity contribution in [2.24, 2.45) is 0 Å². The summed E-state index contributed by atoms with van der Waals surface area (Å²) < 4.78 is 70.7. The second-order valence-corrected chi connectivity index (χ2v) is 7.75. The fourth-order valence-electron chi connectivity index (χ4n) is 3.04. The number of aliphatic carboxylic acids is 2. The van der Waals surface area contributed by atoms with E-state index in [9.17, 15) is 31.1 Å². The highest BCUT2D eigenvalue weighted by Gasteiger charge is 2.38. The number of halogens is 6. The molecule has 39 heavy (non-hydrogen) atoms. The first-order valence-corrected chi connectivity index (χ1v) is 10.9. The van der Waals surface area contributed by atoms with Crippen LogP contribution in [0, 0.1) is 6.92 Å². The van der Waals surface area contributed by atoms with Crippen LogP contribution in [-0.4, -0.2) is 76.1 Å². The Morgan fingerprint density at radius 3 is 1.90 bits per heavy atom. The number of ether oxygens (including phenoxy) is 1. The molecule has 1 aliphatic rings. The number of carboxylic acid groups (broad SMARTS) is 2. The topological polar surface area (TPSA) is 133 Å². The number of benzene rings is 1. The number of rotatable bonds is 3. The van der Waals surface area contributed by atoms with Gasteiger partial charge in [0.15, 0.2) is 0 Å². The molecule has 0 spiro atoms. The lowest BCUT2D eigenvalue weighted by Crippen LogP contribution is -2.36. The summed E-state index contributed by atoms with van der Waals surface area (Å²) in [4.78, 5) is 37.0. The van der Waals surface area contributed by atoms with Gasteiger partial charge in [0.25, 0.3) is 5.91 Å². The zero-order valence-electron chi connectivity index (χ0n) is 20.1. The van der Waals surface area contributed by atoms with Crippen molar-refractivity contribution in [2.75, 3.05) is 36.5 Å². The number of anilines is 2. The number of aromatic nitrogens is 2. The first-order valence-electron chi connectivity index (χ1n) is 10.9. The van der Waals surface area contributed by atoms with Gasteiger partial charge in [0.2, 0.25) is 0 Å². The largest absolute Gasteiger partial charge is 0.490 e. The molecule has 3 heterocycles. The average molecular weight is 564 g/mol. The maximum Gasteiger partial charge on any atom is 0.490 e. The highest BCUT2D eigenvalue weighted by atomic mass is 19.4. The van der Waals surface area contributed by atoms with Crippen LogP contribution in [0.25, 0.3) is 5.65 Å². The number of carboxylic acids is 2. The van der Waals surface area contributed by atoms with E-state index < -0.39 is 24.3 Å². The fourth-order valence-corrected chi connectivity index (χ4v) is 3.04. The number of fused-ring (bicyclic) bond motifs is 1. The molecule has 3 aromatic rings. The van der Waals surface area contributed by atoms with E-state index in [0.29, 0.717) is 5.69 Å². The number of pyridine rings is 1. The van der Waals surface area contributed by atoms with Gasteiger partial charge in [-0.3, -0.25) is 4.79 Å². The lowest BCUT2D eigenvalue weighted by molar-refractivity contribution is -0.193. The second-order valence-electron chi connectivity index (χ2n) is 7.75. The Bertz CT molecular complexity index is 1260. The molecule has 1 aromatic carbocycles. The number of hydrogen-bond acceptors (Lipinski definition) is 6. The number of alkyl halides is 6. The first kappa shape index (κ1) is 30.9.